The molecule has 1 aromatic carbocycles. The van der Waals surface area contributed by atoms with E-state index in [1.54, 1.807) is 29.3 Å². The summed E-state index contributed by atoms with van der Waals surface area (Å²) in [6.45, 7) is 10.9. The van der Waals surface area contributed by atoms with E-state index in [1.165, 1.54) is 4.90 Å². The van der Waals surface area contributed by atoms with Crippen molar-refractivity contribution in [3.05, 3.63) is 53.3 Å². The highest BCUT2D eigenvalue weighted by molar-refractivity contribution is 6.13. The van der Waals surface area contributed by atoms with Crippen LogP contribution >= 0.6 is 0 Å². The SMILES string of the molecule is Cc1ccc(C(C)NC(=O)c2ccc3c(c2)N(C(=O)CNCC(C)(C)C)CC(=O)N3C2CC2)cn1. The molecule has 1 fully saturated rings. The van der Waals surface area contributed by atoms with Crippen LogP contribution in [0.4, 0.5) is 11.4 Å². The predicted octanol–water partition coefficient (Wildman–Crippen LogP) is 3.36. The Bertz CT molecular complexity index is 1120. The highest BCUT2D eigenvalue weighted by Crippen LogP contribution is 2.41. The predicted molar refractivity (Wildman–Crippen MR) is 136 cm³/mol. The Hall–Kier alpha value is -3.26. The van der Waals surface area contributed by atoms with Gasteiger partial charge in [0.1, 0.15) is 6.54 Å². The van der Waals surface area contributed by atoms with Crippen LogP contribution in [0.15, 0.2) is 36.5 Å². The molecule has 35 heavy (non-hydrogen) atoms. The van der Waals surface area contributed by atoms with Crippen LogP contribution in [0.1, 0.15) is 68.2 Å². The van der Waals surface area contributed by atoms with Gasteiger partial charge in [-0.1, -0.05) is 26.8 Å². The molecule has 2 heterocycles. The summed E-state index contributed by atoms with van der Waals surface area (Å²) in [5, 5.41) is 6.21. The van der Waals surface area contributed by atoms with E-state index in [0.29, 0.717) is 23.5 Å². The van der Waals surface area contributed by atoms with Gasteiger partial charge in [-0.15, -0.1) is 0 Å². The van der Waals surface area contributed by atoms with Crippen LogP contribution in [0.2, 0.25) is 0 Å². The highest BCUT2D eigenvalue weighted by atomic mass is 16.2. The molecule has 0 spiro atoms. The maximum absolute atomic E-state index is 13.1. The molecule has 8 nitrogen and oxygen atoms in total. The molecular formula is C27H35N5O3. The maximum Gasteiger partial charge on any atom is 0.251 e. The first-order valence-electron chi connectivity index (χ1n) is 12.2. The van der Waals surface area contributed by atoms with Crippen molar-refractivity contribution in [3.63, 3.8) is 0 Å². The third-order valence-electron chi connectivity index (χ3n) is 6.28. The number of fused-ring (bicyclic) bond motifs is 1. The number of benzene rings is 1. The molecule has 1 aliphatic heterocycles. The molecule has 1 unspecified atom stereocenters. The third-order valence-corrected chi connectivity index (χ3v) is 6.28. The largest absolute Gasteiger partial charge is 0.345 e. The van der Waals surface area contributed by atoms with E-state index < -0.39 is 0 Å². The lowest BCUT2D eigenvalue weighted by atomic mass is 9.97. The van der Waals surface area contributed by atoms with Crippen molar-refractivity contribution >= 4 is 29.1 Å². The number of rotatable bonds is 7. The molecule has 2 aromatic rings. The number of hydrogen-bond donors (Lipinski definition) is 2. The van der Waals surface area contributed by atoms with E-state index in [2.05, 4.69) is 36.4 Å². The Morgan fingerprint density at radius 3 is 2.51 bits per heavy atom. The van der Waals surface area contributed by atoms with E-state index in [9.17, 15) is 14.4 Å². The maximum atomic E-state index is 13.1. The highest BCUT2D eigenvalue weighted by Gasteiger charge is 2.40. The molecule has 1 aromatic heterocycles. The minimum absolute atomic E-state index is 0.0178. The van der Waals surface area contributed by atoms with E-state index >= 15 is 0 Å². The van der Waals surface area contributed by atoms with Crippen LogP contribution in [-0.4, -0.2) is 48.4 Å². The zero-order chi connectivity index (χ0) is 25.3. The summed E-state index contributed by atoms with van der Waals surface area (Å²) < 4.78 is 0. The quantitative estimate of drug-likeness (QED) is 0.638. The Morgan fingerprint density at radius 2 is 1.89 bits per heavy atom. The zero-order valence-electron chi connectivity index (χ0n) is 21.2. The van der Waals surface area contributed by atoms with Crippen molar-refractivity contribution in [3.8, 4) is 0 Å². The number of pyridine rings is 1. The molecule has 3 amide bonds. The Labute approximate surface area is 207 Å². The smallest absolute Gasteiger partial charge is 0.251 e. The fourth-order valence-electron chi connectivity index (χ4n) is 4.21. The first kappa shape index (κ1) is 24.9. The normalized spacial score (nSPS) is 16.7. The molecular weight excluding hydrogens is 442 g/mol. The molecule has 0 bridgehead atoms. The van der Waals surface area contributed by atoms with Gasteiger partial charge in [0.2, 0.25) is 11.8 Å². The van der Waals surface area contributed by atoms with Gasteiger partial charge < -0.3 is 15.5 Å². The average Bonchev–Trinajstić information content (AvgIpc) is 3.62. The van der Waals surface area contributed by atoms with Gasteiger partial charge in [-0.3, -0.25) is 24.3 Å². The molecule has 2 N–H and O–H groups in total. The van der Waals surface area contributed by atoms with Gasteiger partial charge in [0.15, 0.2) is 0 Å². The van der Waals surface area contributed by atoms with Gasteiger partial charge in [-0.2, -0.15) is 0 Å². The van der Waals surface area contributed by atoms with Gasteiger partial charge in [0.05, 0.1) is 24.0 Å². The molecule has 1 atom stereocenters. The molecule has 1 saturated carbocycles. The minimum atomic E-state index is -0.242. The lowest BCUT2D eigenvalue weighted by molar-refractivity contribution is -0.122. The average molecular weight is 478 g/mol. The van der Waals surface area contributed by atoms with Crippen molar-refractivity contribution in [2.45, 2.75) is 59.5 Å². The fourth-order valence-corrected chi connectivity index (χ4v) is 4.21. The number of carbonyl (C=O) groups excluding carboxylic acids is 3. The Balaban J connectivity index is 1.57. The van der Waals surface area contributed by atoms with Gasteiger partial charge in [-0.25, -0.2) is 0 Å². The summed E-state index contributed by atoms with van der Waals surface area (Å²) in [6, 6.07) is 9.06. The second-order valence-electron chi connectivity index (χ2n) is 10.8. The second kappa shape index (κ2) is 9.77. The number of nitrogens with one attached hydrogen (secondary N) is 2. The number of nitrogens with zero attached hydrogens (tertiary/aromatic N) is 3. The van der Waals surface area contributed by atoms with Crippen LogP contribution in [0.25, 0.3) is 0 Å². The molecule has 0 radical (unpaired) electrons. The van der Waals surface area contributed by atoms with Gasteiger partial charge >= 0.3 is 0 Å². The zero-order valence-corrected chi connectivity index (χ0v) is 21.2. The summed E-state index contributed by atoms with van der Waals surface area (Å²) >= 11 is 0. The second-order valence-corrected chi connectivity index (χ2v) is 10.8. The van der Waals surface area contributed by atoms with Crippen molar-refractivity contribution in [1.82, 2.24) is 15.6 Å². The van der Waals surface area contributed by atoms with Crippen molar-refractivity contribution in [1.29, 1.82) is 0 Å². The van der Waals surface area contributed by atoms with Crippen molar-refractivity contribution in [2.24, 2.45) is 5.41 Å². The van der Waals surface area contributed by atoms with E-state index in [4.69, 9.17) is 0 Å². The monoisotopic (exact) mass is 477 g/mol. The number of amides is 3. The summed E-state index contributed by atoms with van der Waals surface area (Å²) in [5.41, 5.74) is 3.61. The van der Waals surface area contributed by atoms with E-state index in [0.717, 1.165) is 24.1 Å². The molecule has 8 heteroatoms. The van der Waals surface area contributed by atoms with Crippen molar-refractivity contribution in [2.75, 3.05) is 29.4 Å². The summed E-state index contributed by atoms with van der Waals surface area (Å²) in [5.74, 6) is -0.508. The summed E-state index contributed by atoms with van der Waals surface area (Å²) in [6.07, 6.45) is 3.67. The van der Waals surface area contributed by atoms with Crippen LogP contribution in [0, 0.1) is 12.3 Å². The first-order chi connectivity index (χ1) is 16.5. The van der Waals surface area contributed by atoms with Crippen molar-refractivity contribution < 1.29 is 14.4 Å². The molecule has 2 aliphatic rings. The number of aromatic nitrogens is 1. The molecule has 0 saturated heterocycles. The summed E-state index contributed by atoms with van der Waals surface area (Å²) in [4.78, 5) is 46.8. The van der Waals surface area contributed by atoms with Gasteiger partial charge in [0, 0.05) is 30.0 Å². The fraction of sp³-hybridized carbons (Fsp3) is 0.481. The van der Waals surface area contributed by atoms with E-state index in [-0.39, 0.29) is 48.3 Å². The van der Waals surface area contributed by atoms with Crippen LogP contribution in [0.5, 0.6) is 0 Å². The lowest BCUT2D eigenvalue weighted by Crippen LogP contribution is -2.51. The standard InChI is InChI=1S/C27H35N5O3/c1-17-6-7-20(13-29-17)18(2)30-26(35)19-8-11-22-23(12-19)31(15-25(34)32(22)21-9-10-21)24(33)14-28-16-27(3,4)5/h6-8,11-13,18,21,28H,9-10,14-16H2,1-5H3,(H,30,35). The topological polar surface area (TPSA) is 94.6 Å². The molecule has 186 valence electrons. The van der Waals surface area contributed by atoms with Crippen LogP contribution in [-0.2, 0) is 9.59 Å². The summed E-state index contributed by atoms with van der Waals surface area (Å²) in [7, 11) is 0. The van der Waals surface area contributed by atoms with Gasteiger partial charge in [0.25, 0.3) is 5.91 Å². The number of aryl methyl sites for hydroxylation is 1. The minimum Gasteiger partial charge on any atom is -0.345 e. The third kappa shape index (κ3) is 5.88. The molecule has 1 aliphatic carbocycles. The van der Waals surface area contributed by atoms with E-state index in [1.807, 2.05) is 26.0 Å². The van der Waals surface area contributed by atoms with Gasteiger partial charge in [-0.05, 0) is 61.9 Å². The number of anilines is 2. The van der Waals surface area contributed by atoms with Crippen LogP contribution < -0.4 is 20.4 Å². The Kier molecular flexibility index (Phi) is 6.94. The number of carbonyl (C=O) groups is 3. The number of hydrogen-bond acceptors (Lipinski definition) is 5. The lowest BCUT2D eigenvalue weighted by Gasteiger charge is -2.37. The Morgan fingerprint density at radius 1 is 1.14 bits per heavy atom. The first-order valence-corrected chi connectivity index (χ1v) is 12.2. The van der Waals surface area contributed by atoms with Crippen LogP contribution in [0.3, 0.4) is 0 Å². The molecule has 4 rings (SSSR count).